The molecule has 5 heteroatoms. The Labute approximate surface area is 136 Å². The molecule has 0 fully saturated rings. The molecule has 3 rings (SSSR count). The molecular formula is C18H23N3O2. The topological polar surface area (TPSA) is 47.4 Å². The number of hydrogen-bond acceptors (Lipinski definition) is 3. The lowest BCUT2D eigenvalue weighted by Crippen LogP contribution is -2.37. The maximum atomic E-state index is 12.4. The molecule has 0 saturated carbocycles. The average Bonchev–Trinajstić information content (AvgIpc) is 2.92. The third-order valence-corrected chi connectivity index (χ3v) is 4.13. The van der Waals surface area contributed by atoms with Crippen LogP contribution >= 0.6 is 0 Å². The first-order valence-electron chi connectivity index (χ1n) is 8.18. The molecule has 1 atom stereocenters. The third-order valence-electron chi connectivity index (χ3n) is 4.13. The summed E-state index contributed by atoms with van der Waals surface area (Å²) >= 11 is 0. The summed E-state index contributed by atoms with van der Waals surface area (Å²) < 4.78 is 8.27. The molecule has 1 unspecified atom stereocenters. The second kappa shape index (κ2) is 7.42. The maximum absolute atomic E-state index is 12.4. The fourth-order valence-corrected chi connectivity index (χ4v) is 2.92. The van der Waals surface area contributed by atoms with Crippen LogP contribution in [0.25, 0.3) is 0 Å². The molecule has 1 aliphatic heterocycles. The lowest BCUT2D eigenvalue weighted by Gasteiger charge is -2.24. The summed E-state index contributed by atoms with van der Waals surface area (Å²) in [4.78, 5) is 18.4. The minimum absolute atomic E-state index is 0.00957. The van der Waals surface area contributed by atoms with Crippen molar-refractivity contribution in [3.8, 4) is 0 Å². The lowest BCUT2D eigenvalue weighted by atomic mass is 10.2. The molecule has 0 spiro atoms. The summed E-state index contributed by atoms with van der Waals surface area (Å²) in [6.07, 6.45) is 7.09. The van der Waals surface area contributed by atoms with Crippen molar-refractivity contribution in [1.29, 1.82) is 0 Å². The Morgan fingerprint density at radius 1 is 1.35 bits per heavy atom. The van der Waals surface area contributed by atoms with Gasteiger partial charge >= 0.3 is 0 Å². The molecule has 3 heterocycles. The number of hydrogen-bond donors (Lipinski definition) is 0. The molecule has 122 valence electrons. The van der Waals surface area contributed by atoms with Crippen LogP contribution in [0.3, 0.4) is 0 Å². The van der Waals surface area contributed by atoms with E-state index in [1.165, 1.54) is 5.69 Å². The van der Waals surface area contributed by atoms with Gasteiger partial charge in [0.1, 0.15) is 0 Å². The van der Waals surface area contributed by atoms with Gasteiger partial charge in [-0.2, -0.15) is 0 Å². The Morgan fingerprint density at radius 3 is 3.04 bits per heavy atom. The zero-order valence-corrected chi connectivity index (χ0v) is 13.5. The van der Waals surface area contributed by atoms with Crippen molar-refractivity contribution in [3.63, 3.8) is 0 Å². The highest BCUT2D eigenvalue weighted by Crippen LogP contribution is 2.17. The summed E-state index contributed by atoms with van der Waals surface area (Å²) in [5.41, 5.74) is 2.22. The summed E-state index contributed by atoms with van der Waals surface area (Å²) in [7, 11) is 0. The van der Waals surface area contributed by atoms with Gasteiger partial charge in [0.2, 0.25) is 5.91 Å². The van der Waals surface area contributed by atoms with Gasteiger partial charge in [-0.1, -0.05) is 13.0 Å². The molecule has 0 radical (unpaired) electrons. The van der Waals surface area contributed by atoms with Gasteiger partial charge in [0, 0.05) is 37.3 Å². The molecule has 23 heavy (non-hydrogen) atoms. The van der Waals surface area contributed by atoms with Crippen LogP contribution in [-0.4, -0.2) is 33.0 Å². The number of nitrogens with zero attached hydrogens (tertiary/aromatic N) is 3. The van der Waals surface area contributed by atoms with Crippen LogP contribution in [0.5, 0.6) is 0 Å². The SMILES string of the molecule is CCCC(=O)N1Cc2cccn2CC(OCc2cccnc2)C1. The monoisotopic (exact) mass is 313 g/mol. The Balaban J connectivity index is 1.70. The Morgan fingerprint density at radius 2 is 2.26 bits per heavy atom. The average molecular weight is 313 g/mol. The van der Waals surface area contributed by atoms with Gasteiger partial charge in [-0.25, -0.2) is 0 Å². The molecule has 2 aromatic heterocycles. The fraction of sp³-hybridized carbons (Fsp3) is 0.444. The first kappa shape index (κ1) is 15.7. The number of pyridine rings is 1. The van der Waals surface area contributed by atoms with Crippen molar-refractivity contribution in [2.24, 2.45) is 0 Å². The van der Waals surface area contributed by atoms with E-state index in [0.717, 1.165) is 18.5 Å². The first-order valence-corrected chi connectivity index (χ1v) is 8.18. The number of carbonyl (C=O) groups excluding carboxylic acids is 1. The molecule has 0 aromatic carbocycles. The van der Waals surface area contributed by atoms with Crippen LogP contribution in [0.1, 0.15) is 31.0 Å². The highest BCUT2D eigenvalue weighted by Gasteiger charge is 2.24. The van der Waals surface area contributed by atoms with Gasteiger partial charge in [0.15, 0.2) is 0 Å². The molecular weight excluding hydrogens is 290 g/mol. The molecule has 0 bridgehead atoms. The van der Waals surface area contributed by atoms with Gasteiger partial charge in [-0.3, -0.25) is 9.78 Å². The smallest absolute Gasteiger partial charge is 0.222 e. The van der Waals surface area contributed by atoms with Crippen molar-refractivity contribution in [1.82, 2.24) is 14.5 Å². The van der Waals surface area contributed by atoms with E-state index >= 15 is 0 Å². The fourth-order valence-electron chi connectivity index (χ4n) is 2.92. The van der Waals surface area contributed by atoms with Crippen LogP contribution in [0.4, 0.5) is 0 Å². The quantitative estimate of drug-likeness (QED) is 0.852. The molecule has 2 aromatic rings. The van der Waals surface area contributed by atoms with E-state index in [9.17, 15) is 4.79 Å². The molecule has 0 aliphatic carbocycles. The molecule has 5 nitrogen and oxygen atoms in total. The van der Waals surface area contributed by atoms with Crippen molar-refractivity contribution in [2.75, 3.05) is 6.54 Å². The second-order valence-corrected chi connectivity index (χ2v) is 5.97. The van der Waals surface area contributed by atoms with Gasteiger partial charge in [-0.15, -0.1) is 0 Å². The number of aromatic nitrogens is 2. The standard InChI is InChI=1S/C18H23N3O2/c1-2-5-18(22)21-11-16-7-4-9-20(16)12-17(13-21)23-14-15-6-3-8-19-10-15/h3-4,6-10,17H,2,5,11-14H2,1H3. The van der Waals surface area contributed by atoms with Crippen LogP contribution in [0.15, 0.2) is 42.9 Å². The summed E-state index contributed by atoms with van der Waals surface area (Å²) in [5.74, 6) is 0.206. The van der Waals surface area contributed by atoms with Crippen LogP contribution in [-0.2, 0) is 29.2 Å². The Kier molecular flexibility index (Phi) is 5.08. The number of rotatable bonds is 5. The van der Waals surface area contributed by atoms with Crippen LogP contribution in [0.2, 0.25) is 0 Å². The number of ether oxygens (including phenoxy) is 1. The van der Waals surface area contributed by atoms with Crippen molar-refractivity contribution >= 4 is 5.91 Å². The van der Waals surface area contributed by atoms with Crippen molar-refractivity contribution in [3.05, 3.63) is 54.1 Å². The molecule has 0 saturated heterocycles. The predicted molar refractivity (Wildman–Crippen MR) is 87.6 cm³/mol. The van der Waals surface area contributed by atoms with E-state index in [0.29, 0.717) is 26.1 Å². The molecule has 1 aliphatic rings. The van der Waals surface area contributed by atoms with E-state index in [4.69, 9.17) is 4.74 Å². The number of carbonyl (C=O) groups is 1. The highest BCUT2D eigenvalue weighted by molar-refractivity contribution is 5.76. The van der Waals surface area contributed by atoms with E-state index in [-0.39, 0.29) is 12.0 Å². The van der Waals surface area contributed by atoms with E-state index < -0.39 is 0 Å². The van der Waals surface area contributed by atoms with Crippen LogP contribution < -0.4 is 0 Å². The van der Waals surface area contributed by atoms with E-state index in [1.54, 1.807) is 6.20 Å². The van der Waals surface area contributed by atoms with Gasteiger partial charge in [0.05, 0.1) is 25.8 Å². The minimum Gasteiger partial charge on any atom is -0.370 e. The lowest BCUT2D eigenvalue weighted by molar-refractivity contribution is -0.133. The van der Waals surface area contributed by atoms with Gasteiger partial charge < -0.3 is 14.2 Å². The normalized spacial score (nSPS) is 17.6. The van der Waals surface area contributed by atoms with E-state index in [1.807, 2.05) is 36.2 Å². The molecule has 1 amide bonds. The first-order chi connectivity index (χ1) is 11.3. The number of amides is 1. The summed E-state index contributed by atoms with van der Waals surface area (Å²) in [6.45, 7) is 4.64. The third kappa shape index (κ3) is 3.99. The van der Waals surface area contributed by atoms with Crippen molar-refractivity contribution in [2.45, 2.75) is 45.6 Å². The highest BCUT2D eigenvalue weighted by atomic mass is 16.5. The largest absolute Gasteiger partial charge is 0.370 e. The Hall–Kier alpha value is -2.14. The van der Waals surface area contributed by atoms with Crippen molar-refractivity contribution < 1.29 is 9.53 Å². The zero-order chi connectivity index (χ0) is 16.1. The molecule has 0 N–H and O–H groups in total. The van der Waals surface area contributed by atoms with Gasteiger partial charge in [-0.05, 0) is 30.2 Å². The second-order valence-electron chi connectivity index (χ2n) is 5.97. The Bertz CT molecular complexity index is 639. The number of fused-ring (bicyclic) bond motifs is 1. The minimum atomic E-state index is -0.00957. The maximum Gasteiger partial charge on any atom is 0.222 e. The summed E-state index contributed by atoms with van der Waals surface area (Å²) in [6, 6.07) is 8.02. The predicted octanol–water partition coefficient (Wildman–Crippen LogP) is 2.61. The zero-order valence-electron chi connectivity index (χ0n) is 13.5. The van der Waals surface area contributed by atoms with Gasteiger partial charge in [0.25, 0.3) is 0 Å². The summed E-state index contributed by atoms with van der Waals surface area (Å²) in [5, 5.41) is 0. The van der Waals surface area contributed by atoms with Crippen LogP contribution in [0, 0.1) is 0 Å². The van der Waals surface area contributed by atoms with E-state index in [2.05, 4.69) is 21.8 Å².